The molecule has 0 atom stereocenters. The quantitative estimate of drug-likeness (QED) is 0.516. The molecule has 0 saturated heterocycles. The molecule has 0 spiro atoms. The van der Waals surface area contributed by atoms with Crippen molar-refractivity contribution in [3.63, 3.8) is 0 Å². The fraction of sp³-hybridized carbons (Fsp3) is 0.304. The summed E-state index contributed by atoms with van der Waals surface area (Å²) < 4.78 is 5.63. The molecule has 0 radical (unpaired) electrons. The van der Waals surface area contributed by atoms with Crippen molar-refractivity contribution in [1.29, 1.82) is 0 Å². The molecule has 0 bridgehead atoms. The third kappa shape index (κ3) is 4.85. The molecule has 0 aliphatic carbocycles. The molecule has 1 aliphatic rings. The van der Waals surface area contributed by atoms with Crippen LogP contribution in [0, 0.1) is 0 Å². The lowest BCUT2D eigenvalue weighted by molar-refractivity contribution is -0.137. The Balaban J connectivity index is 1.93. The van der Waals surface area contributed by atoms with Gasteiger partial charge in [-0.15, -0.1) is 11.8 Å². The van der Waals surface area contributed by atoms with Crippen molar-refractivity contribution >= 4 is 40.8 Å². The molecule has 4 nitrogen and oxygen atoms in total. The second kappa shape index (κ2) is 9.51. The summed E-state index contributed by atoms with van der Waals surface area (Å²) in [5.41, 5.74) is 1.91. The zero-order chi connectivity index (χ0) is 21.0. The Kier molecular flexibility index (Phi) is 7.04. The molecular weight excluding hydrogens is 406 g/mol. The van der Waals surface area contributed by atoms with Crippen LogP contribution in [0.15, 0.2) is 53.4 Å². The van der Waals surface area contributed by atoms with Gasteiger partial charge in [0.15, 0.2) is 0 Å². The van der Waals surface area contributed by atoms with E-state index in [1.807, 2.05) is 63.2 Å². The van der Waals surface area contributed by atoms with Gasteiger partial charge in [-0.25, -0.2) is 0 Å². The van der Waals surface area contributed by atoms with E-state index in [4.69, 9.17) is 16.3 Å². The highest BCUT2D eigenvalue weighted by molar-refractivity contribution is 8.04. The van der Waals surface area contributed by atoms with Gasteiger partial charge in [-0.05, 0) is 35.7 Å². The Morgan fingerprint density at radius 3 is 2.34 bits per heavy atom. The van der Waals surface area contributed by atoms with Gasteiger partial charge in [0.1, 0.15) is 5.75 Å². The summed E-state index contributed by atoms with van der Waals surface area (Å²) in [7, 11) is 0. The van der Waals surface area contributed by atoms with Gasteiger partial charge in [-0.2, -0.15) is 0 Å². The topological polar surface area (TPSA) is 46.6 Å². The number of imide groups is 1. The number of rotatable bonds is 8. The van der Waals surface area contributed by atoms with Crippen molar-refractivity contribution < 1.29 is 14.3 Å². The number of thioether (sulfide) groups is 1. The van der Waals surface area contributed by atoms with Crippen molar-refractivity contribution in [2.75, 3.05) is 6.61 Å². The fourth-order valence-electron chi connectivity index (χ4n) is 3.03. The molecule has 0 fully saturated rings. The van der Waals surface area contributed by atoms with Gasteiger partial charge >= 0.3 is 0 Å². The highest BCUT2D eigenvalue weighted by atomic mass is 35.5. The summed E-state index contributed by atoms with van der Waals surface area (Å²) in [4.78, 5) is 28.1. The van der Waals surface area contributed by atoms with Crippen molar-refractivity contribution in [3.05, 3.63) is 69.6 Å². The number of hydrogen-bond acceptors (Lipinski definition) is 4. The van der Waals surface area contributed by atoms with E-state index in [0.29, 0.717) is 22.1 Å². The van der Waals surface area contributed by atoms with E-state index in [0.717, 1.165) is 23.3 Å². The second-order valence-corrected chi connectivity index (χ2v) is 9.03. The Labute approximate surface area is 180 Å². The third-order valence-corrected chi connectivity index (χ3v) is 5.84. The lowest BCUT2D eigenvalue weighted by Gasteiger charge is -2.16. The standard InChI is InChI=1S/C23H24ClNO3S/c1-4-13-28-18-11-9-16(10-12-18)20-21(29-15(2)3)23(27)25(22(20)26)14-17-7-5-6-8-19(17)24/h5-12,15H,4,13-14H2,1-3H3. The van der Waals surface area contributed by atoms with Crippen molar-refractivity contribution in [1.82, 2.24) is 4.90 Å². The number of nitrogens with zero attached hydrogens (tertiary/aromatic N) is 1. The van der Waals surface area contributed by atoms with Crippen LogP contribution in [0.4, 0.5) is 0 Å². The summed E-state index contributed by atoms with van der Waals surface area (Å²) in [5, 5.41) is 0.709. The summed E-state index contributed by atoms with van der Waals surface area (Å²) >= 11 is 7.67. The van der Waals surface area contributed by atoms with E-state index in [1.165, 1.54) is 16.7 Å². The minimum absolute atomic E-state index is 0.153. The smallest absolute Gasteiger partial charge is 0.268 e. The molecule has 1 aliphatic heterocycles. The van der Waals surface area contributed by atoms with Crippen LogP contribution in [-0.4, -0.2) is 28.6 Å². The van der Waals surface area contributed by atoms with Crippen molar-refractivity contribution in [3.8, 4) is 5.75 Å². The normalized spacial score (nSPS) is 14.3. The van der Waals surface area contributed by atoms with Gasteiger partial charge in [0.05, 0.1) is 23.6 Å². The molecule has 0 aromatic heterocycles. The van der Waals surface area contributed by atoms with E-state index < -0.39 is 0 Å². The molecule has 1 heterocycles. The number of hydrogen-bond donors (Lipinski definition) is 0. The highest BCUT2D eigenvalue weighted by Gasteiger charge is 2.39. The molecule has 0 saturated carbocycles. The fourth-order valence-corrected chi connectivity index (χ4v) is 4.23. The third-order valence-electron chi connectivity index (χ3n) is 4.38. The maximum absolute atomic E-state index is 13.2. The van der Waals surface area contributed by atoms with Gasteiger partial charge < -0.3 is 4.74 Å². The van der Waals surface area contributed by atoms with Gasteiger partial charge in [0.25, 0.3) is 11.8 Å². The van der Waals surface area contributed by atoms with E-state index in [-0.39, 0.29) is 23.6 Å². The molecule has 3 rings (SSSR count). The van der Waals surface area contributed by atoms with Crippen LogP contribution in [0.2, 0.25) is 5.02 Å². The minimum Gasteiger partial charge on any atom is -0.494 e. The Morgan fingerprint density at radius 1 is 1.03 bits per heavy atom. The van der Waals surface area contributed by atoms with Gasteiger partial charge in [-0.3, -0.25) is 14.5 Å². The first-order valence-corrected chi connectivity index (χ1v) is 10.9. The minimum atomic E-state index is -0.291. The summed E-state index contributed by atoms with van der Waals surface area (Å²) in [6.45, 7) is 6.85. The largest absolute Gasteiger partial charge is 0.494 e. The monoisotopic (exact) mass is 429 g/mol. The maximum atomic E-state index is 13.2. The molecule has 152 valence electrons. The molecule has 0 N–H and O–H groups in total. The summed E-state index contributed by atoms with van der Waals surface area (Å²) in [6.07, 6.45) is 0.923. The molecule has 2 aromatic rings. The lowest BCUT2D eigenvalue weighted by atomic mass is 10.1. The van der Waals surface area contributed by atoms with Crippen LogP contribution in [0.1, 0.15) is 38.3 Å². The molecule has 2 amide bonds. The number of carbonyl (C=O) groups is 2. The number of halogens is 1. The van der Waals surface area contributed by atoms with Crippen LogP contribution in [0.3, 0.4) is 0 Å². The Hall–Kier alpha value is -2.24. The van der Waals surface area contributed by atoms with Crippen LogP contribution in [0.25, 0.3) is 5.57 Å². The van der Waals surface area contributed by atoms with Crippen molar-refractivity contribution in [2.45, 2.75) is 39.0 Å². The molecule has 2 aromatic carbocycles. The highest BCUT2D eigenvalue weighted by Crippen LogP contribution is 2.39. The predicted molar refractivity (Wildman–Crippen MR) is 119 cm³/mol. The SMILES string of the molecule is CCCOc1ccc(C2=C(SC(C)C)C(=O)N(Cc3ccccc3Cl)C2=O)cc1. The van der Waals surface area contributed by atoms with Crippen LogP contribution >= 0.6 is 23.4 Å². The first-order chi connectivity index (χ1) is 13.9. The Bertz CT molecular complexity index is 937. The van der Waals surface area contributed by atoms with Gasteiger partial charge in [-0.1, -0.05) is 62.7 Å². The van der Waals surface area contributed by atoms with Crippen LogP contribution in [-0.2, 0) is 16.1 Å². The van der Waals surface area contributed by atoms with E-state index in [9.17, 15) is 9.59 Å². The lowest BCUT2D eigenvalue weighted by Crippen LogP contribution is -2.31. The maximum Gasteiger partial charge on any atom is 0.268 e. The number of ether oxygens (including phenoxy) is 1. The number of benzene rings is 2. The zero-order valence-corrected chi connectivity index (χ0v) is 18.3. The summed E-state index contributed by atoms with van der Waals surface area (Å²) in [6, 6.07) is 14.6. The molecule has 0 unspecified atom stereocenters. The average molecular weight is 430 g/mol. The molecule has 29 heavy (non-hydrogen) atoms. The van der Waals surface area contributed by atoms with Gasteiger partial charge in [0.2, 0.25) is 0 Å². The summed E-state index contributed by atoms with van der Waals surface area (Å²) in [5.74, 6) is 0.189. The second-order valence-electron chi connectivity index (χ2n) is 7.03. The molecule has 6 heteroatoms. The number of amides is 2. The average Bonchev–Trinajstić information content (AvgIpc) is 2.92. The van der Waals surface area contributed by atoms with E-state index in [2.05, 4.69) is 0 Å². The van der Waals surface area contributed by atoms with Crippen LogP contribution < -0.4 is 4.74 Å². The first kappa shape index (κ1) is 21.5. The van der Waals surface area contributed by atoms with Crippen LogP contribution in [0.5, 0.6) is 5.75 Å². The van der Waals surface area contributed by atoms with Gasteiger partial charge in [0, 0.05) is 10.3 Å². The molecular formula is C23H24ClNO3S. The van der Waals surface area contributed by atoms with Crippen molar-refractivity contribution in [2.24, 2.45) is 0 Å². The van der Waals surface area contributed by atoms with E-state index >= 15 is 0 Å². The van der Waals surface area contributed by atoms with E-state index in [1.54, 1.807) is 6.07 Å². The Morgan fingerprint density at radius 2 is 1.72 bits per heavy atom. The first-order valence-electron chi connectivity index (χ1n) is 9.66. The number of carbonyl (C=O) groups excluding carboxylic acids is 2. The zero-order valence-electron chi connectivity index (χ0n) is 16.8. The predicted octanol–water partition coefficient (Wildman–Crippen LogP) is 5.55.